The molecule has 2 nitrogen and oxygen atoms in total. The molecule has 0 heterocycles. The molecule has 0 spiro atoms. The zero-order chi connectivity index (χ0) is 16.2. The standard InChI is InChI=1S/C17H20F3NO/c1-12-7-5-6-10-15(12)21-16(22)11-14(17(18,19)20)13-8-3-2-4-9-13/h2-4,8-9,11-12,15H,5-7,10H2,1H3,(H,21,22)/b14-11-. The van der Waals surface area contributed by atoms with E-state index in [-0.39, 0.29) is 11.6 Å². The van der Waals surface area contributed by atoms with Crippen LogP contribution in [-0.4, -0.2) is 18.1 Å². The first kappa shape index (κ1) is 16.6. The monoisotopic (exact) mass is 311 g/mol. The van der Waals surface area contributed by atoms with Gasteiger partial charge in [-0.1, -0.05) is 50.1 Å². The highest BCUT2D eigenvalue weighted by molar-refractivity contribution is 5.96. The topological polar surface area (TPSA) is 29.1 Å². The van der Waals surface area contributed by atoms with Crippen LogP contribution in [0.1, 0.15) is 38.2 Å². The Labute approximate surface area is 128 Å². The quantitative estimate of drug-likeness (QED) is 0.827. The molecule has 1 aromatic rings. The van der Waals surface area contributed by atoms with Crippen molar-refractivity contribution < 1.29 is 18.0 Å². The van der Waals surface area contributed by atoms with Crippen LogP contribution in [0, 0.1) is 5.92 Å². The zero-order valence-electron chi connectivity index (χ0n) is 12.5. The average Bonchev–Trinajstić information content (AvgIpc) is 2.47. The van der Waals surface area contributed by atoms with Crippen molar-refractivity contribution in [3.63, 3.8) is 0 Å². The Balaban J connectivity index is 2.17. The molecule has 1 aromatic carbocycles. The normalized spacial score (nSPS) is 23.2. The van der Waals surface area contributed by atoms with Gasteiger partial charge in [-0.15, -0.1) is 0 Å². The predicted molar refractivity (Wildman–Crippen MR) is 80.0 cm³/mol. The molecule has 1 fully saturated rings. The molecule has 0 radical (unpaired) electrons. The fourth-order valence-electron chi connectivity index (χ4n) is 2.83. The Hall–Kier alpha value is -1.78. The van der Waals surface area contributed by atoms with Gasteiger partial charge in [0, 0.05) is 12.1 Å². The van der Waals surface area contributed by atoms with E-state index in [2.05, 4.69) is 5.32 Å². The van der Waals surface area contributed by atoms with Crippen molar-refractivity contribution in [2.75, 3.05) is 0 Å². The first-order chi connectivity index (χ1) is 10.4. The number of allylic oxidation sites excluding steroid dienone is 1. The summed E-state index contributed by atoms with van der Waals surface area (Å²) in [4.78, 5) is 12.0. The second-order valence-electron chi connectivity index (χ2n) is 5.80. The van der Waals surface area contributed by atoms with E-state index in [0.717, 1.165) is 25.7 Å². The minimum absolute atomic E-state index is 0.00171. The highest BCUT2D eigenvalue weighted by Crippen LogP contribution is 2.33. The van der Waals surface area contributed by atoms with E-state index in [0.29, 0.717) is 12.0 Å². The van der Waals surface area contributed by atoms with Crippen molar-refractivity contribution in [2.45, 2.75) is 44.8 Å². The summed E-state index contributed by atoms with van der Waals surface area (Å²) in [5.41, 5.74) is -0.907. The van der Waals surface area contributed by atoms with Gasteiger partial charge >= 0.3 is 6.18 Å². The van der Waals surface area contributed by atoms with Crippen molar-refractivity contribution in [1.82, 2.24) is 5.32 Å². The number of nitrogens with one attached hydrogen (secondary N) is 1. The number of halogens is 3. The SMILES string of the molecule is CC1CCCCC1NC(=O)/C=C(/c1ccccc1)C(F)(F)F. The van der Waals surface area contributed by atoms with Crippen LogP contribution in [0.2, 0.25) is 0 Å². The van der Waals surface area contributed by atoms with Gasteiger partial charge < -0.3 is 5.32 Å². The third-order valence-electron chi connectivity index (χ3n) is 4.10. The van der Waals surface area contributed by atoms with Crippen molar-refractivity contribution in [3.8, 4) is 0 Å². The Kier molecular flexibility index (Phi) is 5.27. The molecule has 1 N–H and O–H groups in total. The molecule has 0 aliphatic heterocycles. The Morgan fingerprint density at radius 3 is 2.41 bits per heavy atom. The van der Waals surface area contributed by atoms with E-state index in [4.69, 9.17) is 0 Å². The maximum atomic E-state index is 13.2. The van der Waals surface area contributed by atoms with Gasteiger partial charge in [0.15, 0.2) is 0 Å². The number of amides is 1. The number of benzene rings is 1. The largest absolute Gasteiger partial charge is 0.417 e. The van der Waals surface area contributed by atoms with Crippen molar-refractivity contribution in [3.05, 3.63) is 42.0 Å². The Bertz CT molecular complexity index is 537. The molecule has 1 amide bonds. The maximum Gasteiger partial charge on any atom is 0.417 e. The third kappa shape index (κ3) is 4.36. The fourth-order valence-corrected chi connectivity index (χ4v) is 2.83. The van der Waals surface area contributed by atoms with Crippen molar-refractivity contribution in [1.29, 1.82) is 0 Å². The lowest BCUT2D eigenvalue weighted by molar-refractivity contribution is -0.118. The van der Waals surface area contributed by atoms with Crippen LogP contribution in [0.3, 0.4) is 0 Å². The summed E-state index contributed by atoms with van der Waals surface area (Å²) in [6, 6.07) is 7.36. The number of rotatable bonds is 3. The van der Waals surface area contributed by atoms with Crippen LogP contribution in [0.15, 0.2) is 36.4 Å². The molecule has 0 saturated heterocycles. The summed E-state index contributed by atoms with van der Waals surface area (Å²) in [5, 5.41) is 2.73. The molecule has 1 aliphatic rings. The summed E-state index contributed by atoms with van der Waals surface area (Å²) >= 11 is 0. The van der Waals surface area contributed by atoms with E-state index in [9.17, 15) is 18.0 Å². The summed E-state index contributed by atoms with van der Waals surface area (Å²) in [5.74, 6) is -0.368. The second-order valence-corrected chi connectivity index (χ2v) is 5.80. The molecular weight excluding hydrogens is 291 g/mol. The van der Waals surface area contributed by atoms with Gasteiger partial charge in [-0.2, -0.15) is 13.2 Å². The zero-order valence-corrected chi connectivity index (χ0v) is 12.5. The molecule has 2 atom stereocenters. The third-order valence-corrected chi connectivity index (χ3v) is 4.10. The van der Waals surface area contributed by atoms with Crippen LogP contribution in [0.25, 0.3) is 5.57 Å². The molecule has 0 aromatic heterocycles. The second kappa shape index (κ2) is 6.99. The summed E-state index contributed by atoms with van der Waals surface area (Å²) in [6.07, 6.45) is 0.0610. The number of carbonyl (C=O) groups is 1. The number of alkyl halides is 3. The molecule has 1 aliphatic carbocycles. The molecule has 2 rings (SSSR count). The Morgan fingerprint density at radius 1 is 1.18 bits per heavy atom. The van der Waals surface area contributed by atoms with Crippen LogP contribution in [-0.2, 0) is 4.79 Å². The van der Waals surface area contributed by atoms with E-state index in [1.54, 1.807) is 6.07 Å². The van der Waals surface area contributed by atoms with Gasteiger partial charge in [-0.05, 0) is 24.3 Å². The minimum atomic E-state index is -4.56. The first-order valence-electron chi connectivity index (χ1n) is 7.52. The predicted octanol–water partition coefficient (Wildman–Crippen LogP) is 4.33. The molecule has 120 valence electrons. The lowest BCUT2D eigenvalue weighted by Gasteiger charge is -2.29. The van der Waals surface area contributed by atoms with Gasteiger partial charge in [0.1, 0.15) is 0 Å². The van der Waals surface area contributed by atoms with E-state index in [1.807, 2.05) is 6.92 Å². The first-order valence-corrected chi connectivity index (χ1v) is 7.52. The van der Waals surface area contributed by atoms with Crippen LogP contribution in [0.4, 0.5) is 13.2 Å². The van der Waals surface area contributed by atoms with Gasteiger partial charge in [-0.25, -0.2) is 0 Å². The lowest BCUT2D eigenvalue weighted by Crippen LogP contribution is -2.40. The highest BCUT2D eigenvalue weighted by Gasteiger charge is 2.35. The number of hydrogen-bond acceptors (Lipinski definition) is 1. The van der Waals surface area contributed by atoms with Gasteiger partial charge in [0.25, 0.3) is 0 Å². The van der Waals surface area contributed by atoms with Gasteiger partial charge in [0.05, 0.1) is 5.57 Å². The molecule has 5 heteroatoms. The fraction of sp³-hybridized carbons (Fsp3) is 0.471. The number of carbonyl (C=O) groups excluding carboxylic acids is 1. The van der Waals surface area contributed by atoms with Gasteiger partial charge in [0.2, 0.25) is 5.91 Å². The van der Waals surface area contributed by atoms with Crippen molar-refractivity contribution in [2.24, 2.45) is 5.92 Å². The minimum Gasteiger partial charge on any atom is -0.350 e. The lowest BCUT2D eigenvalue weighted by atomic mass is 9.86. The average molecular weight is 311 g/mol. The van der Waals surface area contributed by atoms with E-state index in [1.165, 1.54) is 24.3 Å². The molecule has 0 bridgehead atoms. The van der Waals surface area contributed by atoms with Crippen LogP contribution >= 0.6 is 0 Å². The molecular formula is C17H20F3NO. The smallest absolute Gasteiger partial charge is 0.350 e. The van der Waals surface area contributed by atoms with Crippen molar-refractivity contribution >= 4 is 11.5 Å². The van der Waals surface area contributed by atoms with Crippen LogP contribution in [0.5, 0.6) is 0 Å². The Morgan fingerprint density at radius 2 is 1.82 bits per heavy atom. The van der Waals surface area contributed by atoms with E-state index >= 15 is 0 Å². The summed E-state index contributed by atoms with van der Waals surface area (Å²) < 4.78 is 39.5. The molecule has 1 saturated carbocycles. The summed E-state index contributed by atoms with van der Waals surface area (Å²) in [7, 11) is 0. The summed E-state index contributed by atoms with van der Waals surface area (Å²) in [6.45, 7) is 2.02. The number of hydrogen-bond donors (Lipinski definition) is 1. The van der Waals surface area contributed by atoms with E-state index < -0.39 is 17.7 Å². The highest BCUT2D eigenvalue weighted by atomic mass is 19.4. The van der Waals surface area contributed by atoms with Crippen LogP contribution < -0.4 is 5.32 Å². The molecule has 2 unspecified atom stereocenters. The van der Waals surface area contributed by atoms with Gasteiger partial charge in [-0.3, -0.25) is 4.79 Å². The molecule has 22 heavy (non-hydrogen) atoms. The maximum absolute atomic E-state index is 13.2.